The van der Waals surface area contributed by atoms with E-state index in [1.54, 1.807) is 48.5 Å². The zero-order valence-electron chi connectivity index (χ0n) is 15.8. The molecular formula is C22H15BrN2O6. The molecule has 31 heavy (non-hydrogen) atoms. The Morgan fingerprint density at radius 2 is 1.68 bits per heavy atom. The first-order chi connectivity index (χ1) is 14.8. The van der Waals surface area contributed by atoms with E-state index in [1.165, 1.54) is 30.3 Å². The molecule has 0 atom stereocenters. The molecule has 0 unspecified atom stereocenters. The Morgan fingerprint density at radius 3 is 2.29 bits per heavy atom. The number of halogens is 1. The first-order valence-electron chi connectivity index (χ1n) is 8.87. The summed E-state index contributed by atoms with van der Waals surface area (Å²) >= 11 is 3.23. The number of ether oxygens (including phenoxy) is 1. The second kappa shape index (κ2) is 9.68. The lowest BCUT2D eigenvalue weighted by Crippen LogP contribution is -2.27. The van der Waals surface area contributed by atoms with Crippen LogP contribution in [0.4, 0.5) is 5.69 Å². The smallest absolute Gasteiger partial charge is 0.352 e. The number of hydrogen-bond acceptors (Lipinski definition) is 5. The number of carbonyl (C=O) groups excluding carboxylic acids is 1. The van der Waals surface area contributed by atoms with E-state index in [-0.39, 0.29) is 17.1 Å². The molecule has 0 aliphatic carbocycles. The number of rotatable bonds is 7. The van der Waals surface area contributed by atoms with E-state index in [2.05, 4.69) is 21.2 Å². The summed E-state index contributed by atoms with van der Waals surface area (Å²) < 4.78 is 6.06. The summed E-state index contributed by atoms with van der Waals surface area (Å²) in [6.07, 6.45) is 1.30. The maximum atomic E-state index is 12.2. The average molecular weight is 483 g/mol. The first kappa shape index (κ1) is 21.7. The summed E-state index contributed by atoms with van der Waals surface area (Å²) in [6, 6.07) is 18.9. The Kier molecular flexibility index (Phi) is 6.78. The van der Waals surface area contributed by atoms with Gasteiger partial charge in [0.2, 0.25) is 5.75 Å². The van der Waals surface area contributed by atoms with Crippen molar-refractivity contribution in [1.29, 1.82) is 0 Å². The number of carboxylic acids is 1. The molecule has 2 N–H and O–H groups in total. The summed E-state index contributed by atoms with van der Waals surface area (Å²) in [5.74, 6) is -1.47. The Balaban J connectivity index is 1.80. The van der Waals surface area contributed by atoms with Gasteiger partial charge in [0.1, 0.15) is 11.4 Å². The van der Waals surface area contributed by atoms with Crippen LogP contribution in [0.1, 0.15) is 15.9 Å². The zero-order chi connectivity index (χ0) is 22.4. The van der Waals surface area contributed by atoms with Gasteiger partial charge in [0, 0.05) is 11.6 Å². The number of carboxylic acid groups (broad SMARTS) is 1. The second-order valence-corrected chi connectivity index (χ2v) is 7.05. The van der Waals surface area contributed by atoms with Crippen LogP contribution in [0.3, 0.4) is 0 Å². The van der Waals surface area contributed by atoms with Crippen LogP contribution in [0.2, 0.25) is 0 Å². The normalized spacial score (nSPS) is 10.9. The van der Waals surface area contributed by atoms with Crippen molar-refractivity contribution in [3.63, 3.8) is 0 Å². The maximum absolute atomic E-state index is 12.2. The van der Waals surface area contributed by atoms with E-state index in [9.17, 15) is 24.8 Å². The van der Waals surface area contributed by atoms with Crippen molar-refractivity contribution >= 4 is 39.6 Å². The lowest BCUT2D eigenvalue weighted by Gasteiger charge is -2.09. The van der Waals surface area contributed by atoms with E-state index in [1.807, 2.05) is 0 Å². The number of nitrogens with one attached hydrogen (secondary N) is 1. The number of nitro benzene ring substituents is 1. The fourth-order valence-corrected chi connectivity index (χ4v) is 3.03. The molecule has 3 rings (SSSR count). The highest BCUT2D eigenvalue weighted by Gasteiger charge is 2.19. The molecule has 0 spiro atoms. The summed E-state index contributed by atoms with van der Waals surface area (Å²) in [5.41, 5.74) is 0.312. The predicted octanol–water partition coefficient (Wildman–Crippen LogP) is 5.01. The van der Waals surface area contributed by atoms with Gasteiger partial charge in [-0.15, -0.1) is 0 Å². The molecule has 0 saturated heterocycles. The van der Waals surface area contributed by atoms with Gasteiger partial charge in [0.25, 0.3) is 5.91 Å². The van der Waals surface area contributed by atoms with Gasteiger partial charge in [-0.1, -0.05) is 36.4 Å². The molecular weight excluding hydrogens is 468 g/mol. The lowest BCUT2D eigenvalue weighted by molar-refractivity contribution is -0.385. The molecule has 0 fully saturated rings. The van der Waals surface area contributed by atoms with E-state index in [0.717, 1.165) is 0 Å². The summed E-state index contributed by atoms with van der Waals surface area (Å²) in [6.45, 7) is 0. The molecule has 0 aromatic heterocycles. The fraction of sp³-hybridized carbons (Fsp3) is 0. The molecule has 0 aliphatic rings. The number of nitrogens with zero attached hydrogens (tertiary/aromatic N) is 1. The van der Waals surface area contributed by atoms with Crippen molar-refractivity contribution in [2.75, 3.05) is 0 Å². The highest BCUT2D eigenvalue weighted by molar-refractivity contribution is 9.10. The van der Waals surface area contributed by atoms with Gasteiger partial charge < -0.3 is 15.2 Å². The quantitative estimate of drug-likeness (QED) is 0.277. The minimum absolute atomic E-state index is 0.0529. The third kappa shape index (κ3) is 5.55. The molecule has 1 amide bonds. The standard InChI is InChI=1S/C22H15BrN2O6/c23-17-7-4-8-19(25(29)30)20(17)31-16-11-9-14(10-12-16)13-18(22(27)28)24-21(26)15-5-2-1-3-6-15/h1-13H,(H,24,26)(H,27,28)/b18-13+. The van der Waals surface area contributed by atoms with Crippen molar-refractivity contribution in [1.82, 2.24) is 5.32 Å². The highest BCUT2D eigenvalue weighted by Crippen LogP contribution is 2.37. The van der Waals surface area contributed by atoms with Crippen LogP contribution in [0.5, 0.6) is 11.5 Å². The molecule has 0 bridgehead atoms. The van der Waals surface area contributed by atoms with E-state index >= 15 is 0 Å². The molecule has 0 aliphatic heterocycles. The Labute approximate surface area is 185 Å². The van der Waals surface area contributed by atoms with Crippen LogP contribution in [-0.4, -0.2) is 21.9 Å². The number of para-hydroxylation sites is 1. The van der Waals surface area contributed by atoms with Crippen LogP contribution < -0.4 is 10.1 Å². The Morgan fingerprint density at radius 1 is 1.00 bits per heavy atom. The van der Waals surface area contributed by atoms with Crippen LogP contribution in [-0.2, 0) is 4.79 Å². The molecule has 3 aromatic carbocycles. The maximum Gasteiger partial charge on any atom is 0.352 e. The third-order valence-electron chi connectivity index (χ3n) is 4.07. The summed E-state index contributed by atoms with van der Waals surface area (Å²) in [5, 5.41) is 23.0. The number of aliphatic carboxylic acids is 1. The SMILES string of the molecule is O=C(O)/C(=C\c1ccc(Oc2c(Br)cccc2[N+](=O)[O-])cc1)NC(=O)c1ccccc1. The van der Waals surface area contributed by atoms with Gasteiger partial charge in [0.15, 0.2) is 0 Å². The Bertz CT molecular complexity index is 1160. The lowest BCUT2D eigenvalue weighted by atomic mass is 10.1. The molecule has 9 heteroatoms. The largest absolute Gasteiger partial charge is 0.477 e. The van der Waals surface area contributed by atoms with Gasteiger partial charge >= 0.3 is 11.7 Å². The number of amides is 1. The molecule has 0 radical (unpaired) electrons. The van der Waals surface area contributed by atoms with Gasteiger partial charge in [-0.3, -0.25) is 14.9 Å². The van der Waals surface area contributed by atoms with Crippen molar-refractivity contribution in [3.05, 3.63) is 104 Å². The van der Waals surface area contributed by atoms with Crippen LogP contribution in [0.15, 0.2) is 83.0 Å². The Hall–Kier alpha value is -3.98. The first-order valence-corrected chi connectivity index (χ1v) is 9.66. The minimum Gasteiger partial charge on any atom is -0.477 e. The van der Waals surface area contributed by atoms with Crippen LogP contribution >= 0.6 is 15.9 Å². The van der Waals surface area contributed by atoms with Crippen molar-refractivity contribution < 1.29 is 24.4 Å². The summed E-state index contributed by atoms with van der Waals surface area (Å²) in [4.78, 5) is 34.4. The predicted molar refractivity (Wildman–Crippen MR) is 117 cm³/mol. The van der Waals surface area contributed by atoms with Gasteiger partial charge in [0.05, 0.1) is 9.40 Å². The van der Waals surface area contributed by atoms with Gasteiger partial charge in [-0.05, 0) is 57.9 Å². The monoisotopic (exact) mass is 482 g/mol. The zero-order valence-corrected chi connectivity index (χ0v) is 17.4. The minimum atomic E-state index is -1.30. The average Bonchev–Trinajstić information content (AvgIpc) is 2.76. The van der Waals surface area contributed by atoms with Crippen LogP contribution in [0.25, 0.3) is 6.08 Å². The highest BCUT2D eigenvalue weighted by atomic mass is 79.9. The number of benzene rings is 3. The van der Waals surface area contributed by atoms with Crippen molar-refractivity contribution in [2.24, 2.45) is 0 Å². The van der Waals surface area contributed by atoms with E-state index in [4.69, 9.17) is 4.74 Å². The van der Waals surface area contributed by atoms with Crippen molar-refractivity contribution in [2.45, 2.75) is 0 Å². The molecule has 3 aromatic rings. The molecule has 156 valence electrons. The molecule has 0 heterocycles. The molecule has 8 nitrogen and oxygen atoms in total. The fourth-order valence-electron chi connectivity index (χ4n) is 2.59. The number of hydrogen-bond donors (Lipinski definition) is 2. The second-order valence-electron chi connectivity index (χ2n) is 6.20. The number of nitro groups is 1. The third-order valence-corrected chi connectivity index (χ3v) is 4.69. The van der Waals surface area contributed by atoms with Gasteiger partial charge in [-0.25, -0.2) is 4.79 Å². The van der Waals surface area contributed by atoms with Crippen LogP contribution in [0, 0.1) is 10.1 Å². The van der Waals surface area contributed by atoms with E-state index < -0.39 is 16.8 Å². The topological polar surface area (TPSA) is 119 Å². The van der Waals surface area contributed by atoms with E-state index in [0.29, 0.717) is 21.3 Å². The molecule has 0 saturated carbocycles. The van der Waals surface area contributed by atoms with Crippen molar-refractivity contribution in [3.8, 4) is 11.5 Å². The van der Waals surface area contributed by atoms with Gasteiger partial charge in [-0.2, -0.15) is 0 Å². The summed E-state index contributed by atoms with van der Waals surface area (Å²) in [7, 11) is 0. The number of carbonyl (C=O) groups is 2.